The Morgan fingerprint density at radius 2 is 1.81 bits per heavy atom. The van der Waals surface area contributed by atoms with Gasteiger partial charge in [0.2, 0.25) is 0 Å². The number of benzene rings is 1. The maximum absolute atomic E-state index is 12.5. The molecule has 0 fully saturated rings. The Hall–Kier alpha value is -3.20. The average Bonchev–Trinajstić information content (AvgIpc) is 3.06. The zero-order valence-corrected chi connectivity index (χ0v) is 15.6. The highest BCUT2D eigenvalue weighted by atomic mass is 32.2. The number of carbonyl (C=O) groups excluding carboxylic acids is 1. The second-order valence-electron chi connectivity index (χ2n) is 5.96. The molecule has 9 heteroatoms. The summed E-state index contributed by atoms with van der Waals surface area (Å²) in [6.45, 7) is 2.07. The third kappa shape index (κ3) is 4.50. The second-order valence-corrected chi connectivity index (χ2v) is 7.64. The Kier molecular flexibility index (Phi) is 5.22. The van der Waals surface area contributed by atoms with Crippen LogP contribution in [0.5, 0.6) is 0 Å². The van der Waals surface area contributed by atoms with Crippen LogP contribution >= 0.6 is 0 Å². The van der Waals surface area contributed by atoms with Crippen LogP contribution in [0.3, 0.4) is 0 Å². The molecule has 0 bridgehead atoms. The third-order valence-corrected chi connectivity index (χ3v) is 5.16. The number of aromatic nitrogens is 2. The van der Waals surface area contributed by atoms with Crippen molar-refractivity contribution < 1.29 is 17.7 Å². The molecule has 0 aliphatic heterocycles. The minimum absolute atomic E-state index is 0.0608. The lowest BCUT2D eigenvalue weighted by molar-refractivity contribution is 0.0782. The number of sulfonamides is 1. The van der Waals surface area contributed by atoms with E-state index in [1.165, 1.54) is 41.6 Å². The van der Waals surface area contributed by atoms with Gasteiger partial charge in [-0.1, -0.05) is 5.16 Å². The number of anilines is 1. The van der Waals surface area contributed by atoms with Crippen LogP contribution in [-0.2, 0) is 16.6 Å². The van der Waals surface area contributed by atoms with E-state index in [0.29, 0.717) is 29.2 Å². The molecule has 2 aromatic heterocycles. The molecule has 0 spiro atoms. The Morgan fingerprint density at radius 1 is 1.15 bits per heavy atom. The molecule has 3 aromatic rings. The summed E-state index contributed by atoms with van der Waals surface area (Å²) < 4.78 is 32.3. The van der Waals surface area contributed by atoms with Gasteiger partial charge in [0, 0.05) is 31.1 Å². The minimum atomic E-state index is -3.75. The number of nitrogens with zero attached hydrogens (tertiary/aromatic N) is 3. The van der Waals surface area contributed by atoms with Gasteiger partial charge in [-0.25, -0.2) is 8.42 Å². The molecule has 0 atom stereocenters. The van der Waals surface area contributed by atoms with E-state index < -0.39 is 10.0 Å². The second kappa shape index (κ2) is 7.58. The van der Waals surface area contributed by atoms with E-state index in [9.17, 15) is 13.2 Å². The normalized spacial score (nSPS) is 11.2. The summed E-state index contributed by atoms with van der Waals surface area (Å²) in [6, 6.07) is 10.6. The molecule has 0 saturated heterocycles. The predicted molar refractivity (Wildman–Crippen MR) is 98.5 cm³/mol. The van der Waals surface area contributed by atoms with Crippen molar-refractivity contribution in [2.75, 3.05) is 11.8 Å². The highest BCUT2D eigenvalue weighted by Gasteiger charge is 2.17. The van der Waals surface area contributed by atoms with E-state index >= 15 is 0 Å². The van der Waals surface area contributed by atoms with E-state index in [-0.39, 0.29) is 10.8 Å². The summed E-state index contributed by atoms with van der Waals surface area (Å²) in [6.07, 6.45) is 2.98. The Bertz CT molecular complexity index is 1030. The Morgan fingerprint density at radius 3 is 2.41 bits per heavy atom. The van der Waals surface area contributed by atoms with Gasteiger partial charge >= 0.3 is 0 Å². The van der Waals surface area contributed by atoms with Crippen LogP contribution in [0.2, 0.25) is 0 Å². The largest absolute Gasteiger partial charge is 0.361 e. The van der Waals surface area contributed by atoms with Crippen LogP contribution in [0.1, 0.15) is 21.8 Å². The highest BCUT2D eigenvalue weighted by Crippen LogP contribution is 2.17. The van der Waals surface area contributed by atoms with E-state index in [0.717, 1.165) is 0 Å². The van der Waals surface area contributed by atoms with Crippen LogP contribution in [0.15, 0.2) is 64.3 Å². The molecule has 1 N–H and O–H groups in total. The Balaban J connectivity index is 1.71. The summed E-state index contributed by atoms with van der Waals surface area (Å²) in [7, 11) is -2.11. The number of aryl methyl sites for hydroxylation is 1. The Labute approximate surface area is 156 Å². The van der Waals surface area contributed by atoms with Gasteiger partial charge in [-0.2, -0.15) is 0 Å². The van der Waals surface area contributed by atoms with Crippen molar-refractivity contribution in [3.63, 3.8) is 0 Å². The number of rotatable bonds is 6. The highest BCUT2D eigenvalue weighted by molar-refractivity contribution is 7.92. The van der Waals surface area contributed by atoms with Crippen LogP contribution in [0, 0.1) is 6.92 Å². The lowest BCUT2D eigenvalue weighted by atomic mass is 10.2. The van der Waals surface area contributed by atoms with Gasteiger partial charge in [0.15, 0.2) is 0 Å². The average molecular weight is 386 g/mol. The predicted octanol–water partition coefficient (Wildman–Crippen LogP) is 2.45. The van der Waals surface area contributed by atoms with Crippen molar-refractivity contribution in [1.29, 1.82) is 0 Å². The van der Waals surface area contributed by atoms with Crippen LogP contribution in [0.25, 0.3) is 0 Å². The monoisotopic (exact) mass is 386 g/mol. The summed E-state index contributed by atoms with van der Waals surface area (Å²) in [4.78, 5) is 17.9. The fourth-order valence-electron chi connectivity index (χ4n) is 2.44. The fraction of sp³-hybridized carbons (Fsp3) is 0.167. The third-order valence-electron chi connectivity index (χ3n) is 3.77. The maximum Gasteiger partial charge on any atom is 0.261 e. The SMILES string of the molecule is Cc1cc(CN(C)C(=O)c2ccc(S(=O)(=O)Nc3ccncc3)cc2)no1. The van der Waals surface area contributed by atoms with Crippen molar-refractivity contribution in [2.45, 2.75) is 18.4 Å². The first kappa shape index (κ1) is 18.6. The van der Waals surface area contributed by atoms with Crippen molar-refractivity contribution in [3.8, 4) is 0 Å². The van der Waals surface area contributed by atoms with Crippen molar-refractivity contribution in [3.05, 3.63) is 71.9 Å². The van der Waals surface area contributed by atoms with Crippen molar-refractivity contribution >= 4 is 21.6 Å². The standard InChI is InChI=1S/C18H18N4O4S/c1-13-11-16(20-26-13)12-22(2)18(23)14-3-5-17(6-4-14)27(24,25)21-15-7-9-19-10-8-15/h3-11H,12H2,1-2H3,(H,19,21). The summed E-state index contributed by atoms with van der Waals surface area (Å²) in [5, 5.41) is 3.86. The number of carbonyl (C=O) groups is 1. The molecule has 0 aliphatic carbocycles. The molecule has 3 rings (SSSR count). The number of pyridine rings is 1. The van der Waals surface area contributed by atoms with Gasteiger partial charge in [-0.05, 0) is 43.3 Å². The van der Waals surface area contributed by atoms with Gasteiger partial charge in [-0.15, -0.1) is 0 Å². The lowest BCUT2D eigenvalue weighted by Gasteiger charge is -2.16. The number of hydrogen-bond donors (Lipinski definition) is 1. The van der Waals surface area contributed by atoms with Gasteiger partial charge in [0.05, 0.1) is 17.1 Å². The minimum Gasteiger partial charge on any atom is -0.361 e. The number of hydrogen-bond acceptors (Lipinski definition) is 6. The van der Waals surface area contributed by atoms with Crippen LogP contribution in [0.4, 0.5) is 5.69 Å². The van der Waals surface area contributed by atoms with E-state index in [2.05, 4.69) is 14.9 Å². The molecule has 1 aromatic carbocycles. The van der Waals surface area contributed by atoms with Gasteiger partial charge < -0.3 is 9.42 Å². The van der Waals surface area contributed by atoms with Crippen LogP contribution < -0.4 is 4.72 Å². The molecule has 0 radical (unpaired) electrons. The first-order valence-electron chi connectivity index (χ1n) is 8.06. The van der Waals surface area contributed by atoms with E-state index in [1.54, 1.807) is 32.2 Å². The van der Waals surface area contributed by atoms with Gasteiger partial charge in [0.1, 0.15) is 11.5 Å². The molecule has 1 amide bonds. The van der Waals surface area contributed by atoms with Crippen molar-refractivity contribution in [1.82, 2.24) is 15.0 Å². The zero-order valence-electron chi connectivity index (χ0n) is 14.8. The number of amides is 1. The van der Waals surface area contributed by atoms with Gasteiger partial charge in [0.25, 0.3) is 15.9 Å². The first-order chi connectivity index (χ1) is 12.8. The molecule has 0 saturated carbocycles. The quantitative estimate of drug-likeness (QED) is 0.698. The molecule has 0 unspecified atom stereocenters. The number of nitrogens with one attached hydrogen (secondary N) is 1. The molecule has 27 heavy (non-hydrogen) atoms. The molecular weight excluding hydrogens is 368 g/mol. The van der Waals surface area contributed by atoms with E-state index in [1.807, 2.05) is 0 Å². The lowest BCUT2D eigenvalue weighted by Crippen LogP contribution is -2.26. The van der Waals surface area contributed by atoms with Crippen LogP contribution in [-0.4, -0.2) is 36.4 Å². The molecule has 2 heterocycles. The molecule has 8 nitrogen and oxygen atoms in total. The summed E-state index contributed by atoms with van der Waals surface area (Å²) in [5.41, 5.74) is 1.43. The zero-order chi connectivity index (χ0) is 19.4. The maximum atomic E-state index is 12.5. The summed E-state index contributed by atoms with van der Waals surface area (Å²) >= 11 is 0. The van der Waals surface area contributed by atoms with E-state index in [4.69, 9.17) is 4.52 Å². The topological polar surface area (TPSA) is 105 Å². The molecule has 0 aliphatic rings. The molecular formula is C18H18N4O4S. The summed E-state index contributed by atoms with van der Waals surface area (Å²) in [5.74, 6) is 0.420. The first-order valence-corrected chi connectivity index (χ1v) is 9.54. The fourth-order valence-corrected chi connectivity index (χ4v) is 3.50. The van der Waals surface area contributed by atoms with Crippen molar-refractivity contribution in [2.24, 2.45) is 0 Å². The smallest absolute Gasteiger partial charge is 0.261 e. The van der Waals surface area contributed by atoms with Gasteiger partial charge in [-0.3, -0.25) is 14.5 Å². The molecule has 140 valence electrons.